The van der Waals surface area contributed by atoms with E-state index in [1.165, 1.54) is 49.1 Å². The van der Waals surface area contributed by atoms with Crippen LogP contribution in [0.15, 0.2) is 32.7 Å². The summed E-state index contributed by atoms with van der Waals surface area (Å²) in [6, 6.07) is 4.33. The first-order chi connectivity index (χ1) is 12.3. The van der Waals surface area contributed by atoms with Gasteiger partial charge in [-0.1, -0.05) is 6.42 Å². The molecule has 7 nitrogen and oxygen atoms in total. The Morgan fingerprint density at radius 2 is 1.88 bits per heavy atom. The lowest BCUT2D eigenvalue weighted by atomic mass is 9.89. The largest absolute Gasteiger partial charge is 0.330 e. The summed E-state index contributed by atoms with van der Waals surface area (Å²) in [7, 11) is -0.745. The van der Waals surface area contributed by atoms with Crippen molar-refractivity contribution in [2.75, 3.05) is 6.54 Å². The zero-order valence-corrected chi connectivity index (χ0v) is 15.8. The number of sulfonamides is 1. The number of nitrogens with one attached hydrogen (secondary N) is 1. The molecule has 1 N–H and O–H groups in total. The van der Waals surface area contributed by atoms with Gasteiger partial charge in [-0.05, 0) is 55.2 Å². The van der Waals surface area contributed by atoms with Crippen molar-refractivity contribution >= 4 is 20.9 Å². The first-order valence-corrected chi connectivity index (χ1v) is 10.5. The van der Waals surface area contributed by atoms with Gasteiger partial charge in [-0.15, -0.1) is 0 Å². The van der Waals surface area contributed by atoms with E-state index >= 15 is 0 Å². The molecule has 4 rings (SSSR count). The van der Waals surface area contributed by atoms with Crippen molar-refractivity contribution < 1.29 is 8.42 Å². The van der Waals surface area contributed by atoms with Crippen LogP contribution in [0.25, 0.3) is 10.9 Å². The minimum absolute atomic E-state index is 0.0592. The second kappa shape index (κ2) is 6.06. The molecule has 140 valence electrons. The van der Waals surface area contributed by atoms with Crippen LogP contribution in [-0.4, -0.2) is 24.1 Å². The van der Waals surface area contributed by atoms with Crippen LogP contribution in [0.1, 0.15) is 25.7 Å². The maximum Gasteiger partial charge on any atom is 0.330 e. The fourth-order valence-electron chi connectivity index (χ4n) is 4.67. The van der Waals surface area contributed by atoms with Crippen molar-refractivity contribution in [1.29, 1.82) is 0 Å². The monoisotopic (exact) mass is 377 g/mol. The van der Waals surface area contributed by atoms with Crippen LogP contribution < -0.4 is 16.0 Å². The second-order valence-corrected chi connectivity index (χ2v) is 9.44. The fraction of sp³-hybridized carbons (Fsp3) is 0.556. The first kappa shape index (κ1) is 17.5. The Kier molecular flexibility index (Phi) is 4.07. The highest BCUT2D eigenvalue weighted by molar-refractivity contribution is 7.89. The average molecular weight is 377 g/mol. The standard InChI is InChI=1S/C18H23N3O4S/c1-20-16-6-5-14(9-15(16)17(22)21(2)18(20)23)26(24,25)19-10-13-8-11-3-4-12(13)7-11/h5-6,9,11-13,19H,3-4,7-8,10H2,1-2H3/t11-,12-,13-/m0/s1. The minimum Gasteiger partial charge on any atom is -0.296 e. The third-order valence-corrected chi connectivity index (χ3v) is 7.59. The number of benzene rings is 1. The highest BCUT2D eigenvalue weighted by Crippen LogP contribution is 2.48. The molecule has 2 saturated carbocycles. The van der Waals surface area contributed by atoms with E-state index in [-0.39, 0.29) is 10.3 Å². The molecule has 2 aromatic rings. The smallest absolute Gasteiger partial charge is 0.296 e. The SMILES string of the molecule is Cn1c(=O)c2cc(S(=O)(=O)NC[C@@H]3C[C@H]4CC[C@H]3C4)ccc2n(C)c1=O. The molecule has 0 saturated heterocycles. The Morgan fingerprint density at radius 3 is 2.54 bits per heavy atom. The molecule has 1 aromatic carbocycles. The quantitative estimate of drug-likeness (QED) is 0.859. The lowest BCUT2D eigenvalue weighted by molar-refractivity contribution is 0.333. The van der Waals surface area contributed by atoms with Gasteiger partial charge in [0.1, 0.15) is 0 Å². The van der Waals surface area contributed by atoms with Crippen LogP contribution in [0.4, 0.5) is 0 Å². The third-order valence-electron chi connectivity index (χ3n) is 6.17. The number of aromatic nitrogens is 2. The average Bonchev–Trinajstić information content (AvgIpc) is 3.25. The van der Waals surface area contributed by atoms with E-state index in [2.05, 4.69) is 4.72 Å². The van der Waals surface area contributed by atoms with Gasteiger partial charge in [-0.25, -0.2) is 17.9 Å². The van der Waals surface area contributed by atoms with Crippen molar-refractivity contribution in [1.82, 2.24) is 13.9 Å². The summed E-state index contributed by atoms with van der Waals surface area (Å²) in [5.41, 5.74) is -0.508. The molecule has 2 bridgehead atoms. The zero-order valence-electron chi connectivity index (χ0n) is 14.9. The Bertz CT molecular complexity index is 1100. The molecule has 0 spiro atoms. The van der Waals surface area contributed by atoms with Crippen molar-refractivity contribution in [2.24, 2.45) is 31.8 Å². The van der Waals surface area contributed by atoms with Crippen molar-refractivity contribution in [3.05, 3.63) is 39.0 Å². The maximum absolute atomic E-state index is 12.7. The predicted octanol–water partition coefficient (Wildman–Crippen LogP) is 0.952. The van der Waals surface area contributed by atoms with Crippen LogP contribution in [0, 0.1) is 17.8 Å². The molecule has 8 heteroatoms. The van der Waals surface area contributed by atoms with E-state index in [1.54, 1.807) is 7.05 Å². The van der Waals surface area contributed by atoms with Gasteiger partial charge >= 0.3 is 5.69 Å². The second-order valence-electron chi connectivity index (χ2n) is 7.67. The molecular formula is C18H23N3O4S. The molecule has 3 atom stereocenters. The van der Waals surface area contributed by atoms with E-state index < -0.39 is 21.3 Å². The lowest BCUT2D eigenvalue weighted by Crippen LogP contribution is -2.37. The maximum atomic E-state index is 12.7. The van der Waals surface area contributed by atoms with Gasteiger partial charge in [-0.3, -0.25) is 13.9 Å². The lowest BCUT2D eigenvalue weighted by Gasteiger charge is -2.21. The molecule has 2 aliphatic carbocycles. The highest BCUT2D eigenvalue weighted by Gasteiger charge is 2.39. The summed E-state index contributed by atoms with van der Waals surface area (Å²) >= 11 is 0. The van der Waals surface area contributed by atoms with Crippen LogP contribution in [0.3, 0.4) is 0 Å². The number of fused-ring (bicyclic) bond motifs is 3. The van der Waals surface area contributed by atoms with E-state index in [4.69, 9.17) is 0 Å². The van der Waals surface area contributed by atoms with Crippen LogP contribution in [-0.2, 0) is 24.1 Å². The molecule has 0 amide bonds. The summed E-state index contributed by atoms with van der Waals surface area (Å²) in [6.07, 6.45) is 4.82. The van der Waals surface area contributed by atoms with Gasteiger partial charge < -0.3 is 0 Å². The van der Waals surface area contributed by atoms with E-state index in [9.17, 15) is 18.0 Å². The number of nitrogens with zero attached hydrogens (tertiary/aromatic N) is 2. The molecule has 26 heavy (non-hydrogen) atoms. The van der Waals surface area contributed by atoms with Gasteiger partial charge in [-0.2, -0.15) is 0 Å². The molecular weight excluding hydrogens is 354 g/mol. The van der Waals surface area contributed by atoms with Crippen LogP contribution in [0.2, 0.25) is 0 Å². The first-order valence-electron chi connectivity index (χ1n) is 8.97. The molecule has 1 heterocycles. The number of rotatable bonds is 4. The predicted molar refractivity (Wildman–Crippen MR) is 98.6 cm³/mol. The topological polar surface area (TPSA) is 90.2 Å². The van der Waals surface area contributed by atoms with Crippen LogP contribution in [0.5, 0.6) is 0 Å². The minimum atomic E-state index is -3.69. The van der Waals surface area contributed by atoms with E-state index in [0.29, 0.717) is 23.9 Å². The summed E-state index contributed by atoms with van der Waals surface area (Å²) in [6.45, 7) is 0.451. The summed E-state index contributed by atoms with van der Waals surface area (Å²) in [5, 5.41) is 0.220. The molecule has 0 radical (unpaired) electrons. The van der Waals surface area contributed by atoms with E-state index in [1.807, 2.05) is 0 Å². The normalized spacial score (nSPS) is 25.2. The van der Waals surface area contributed by atoms with Gasteiger partial charge in [0.05, 0.1) is 15.8 Å². The Labute approximate surface area is 151 Å². The highest BCUT2D eigenvalue weighted by atomic mass is 32.2. The third kappa shape index (κ3) is 2.72. The molecule has 2 fully saturated rings. The summed E-state index contributed by atoms with van der Waals surface area (Å²) < 4.78 is 30.4. The summed E-state index contributed by atoms with van der Waals surface area (Å²) in [4.78, 5) is 24.4. The van der Waals surface area contributed by atoms with Gasteiger partial charge in [0, 0.05) is 20.6 Å². The van der Waals surface area contributed by atoms with Gasteiger partial charge in [0.15, 0.2) is 0 Å². The molecule has 0 aliphatic heterocycles. The number of aryl methyl sites for hydroxylation is 1. The summed E-state index contributed by atoms with van der Waals surface area (Å²) in [5.74, 6) is 1.82. The van der Waals surface area contributed by atoms with Crippen molar-refractivity contribution in [3.63, 3.8) is 0 Å². The van der Waals surface area contributed by atoms with Crippen molar-refractivity contribution in [3.8, 4) is 0 Å². The van der Waals surface area contributed by atoms with Gasteiger partial charge in [0.2, 0.25) is 10.0 Å². The van der Waals surface area contributed by atoms with Gasteiger partial charge in [0.25, 0.3) is 5.56 Å². The fourth-order valence-corrected chi connectivity index (χ4v) is 5.79. The zero-order chi connectivity index (χ0) is 18.6. The number of hydrogen-bond donors (Lipinski definition) is 1. The molecule has 1 aromatic heterocycles. The Morgan fingerprint density at radius 1 is 1.12 bits per heavy atom. The van der Waals surface area contributed by atoms with Crippen LogP contribution >= 0.6 is 0 Å². The molecule has 0 unspecified atom stereocenters. The molecule has 2 aliphatic rings. The Balaban J connectivity index is 1.65. The van der Waals surface area contributed by atoms with E-state index in [0.717, 1.165) is 16.9 Å². The Hall–Kier alpha value is -1.93. The number of hydrogen-bond acceptors (Lipinski definition) is 4. The van der Waals surface area contributed by atoms with Crippen molar-refractivity contribution in [2.45, 2.75) is 30.6 Å².